The summed E-state index contributed by atoms with van der Waals surface area (Å²) in [6, 6.07) is 17.9. The lowest BCUT2D eigenvalue weighted by atomic mass is 9.94. The highest BCUT2D eigenvalue weighted by molar-refractivity contribution is 6.30. The highest BCUT2D eigenvalue weighted by atomic mass is 35.7. The molecule has 8 nitrogen and oxygen atoms in total. The van der Waals surface area contributed by atoms with Crippen LogP contribution in [-0.2, 0) is 10.5 Å². The molecule has 1 unspecified atom stereocenters. The van der Waals surface area contributed by atoms with Crippen LogP contribution >= 0.6 is 11.6 Å². The summed E-state index contributed by atoms with van der Waals surface area (Å²) < 4.78 is 41.8. The average molecular weight is 424 g/mol. The van der Waals surface area contributed by atoms with Crippen molar-refractivity contribution in [2.45, 2.75) is 5.72 Å². The third-order valence-electron chi connectivity index (χ3n) is 4.18. The molecule has 1 aromatic heterocycles. The van der Waals surface area contributed by atoms with Gasteiger partial charge in [0.15, 0.2) is 6.34 Å². The average Bonchev–Trinajstić information content (AvgIpc) is 2.66. The van der Waals surface area contributed by atoms with Crippen molar-refractivity contribution in [2.24, 2.45) is 5.10 Å². The standard InChI is InChI=1S/C18H15ClN3O.ClHO4/c1-23-18(14-6-8-15(19)9-7-14)17-16-5-3-2-4-13(16)10-11-22(17)21-12-20-18;2-1(3,4)5/h2-12H,1H3,(H,20,21);(H,2,3,4,5)/q+1;/p-1. The van der Waals surface area contributed by atoms with Gasteiger partial charge in [-0.05, 0) is 28.3 Å². The number of hydrogen-bond acceptors (Lipinski definition) is 7. The van der Waals surface area contributed by atoms with E-state index in [1.54, 1.807) is 13.4 Å². The van der Waals surface area contributed by atoms with Crippen molar-refractivity contribution in [1.82, 2.24) is 5.32 Å². The highest BCUT2D eigenvalue weighted by Gasteiger charge is 2.46. The number of nitrogens with one attached hydrogen (secondary N) is 1. The summed E-state index contributed by atoms with van der Waals surface area (Å²) in [6.07, 6.45) is 3.60. The van der Waals surface area contributed by atoms with Crippen molar-refractivity contribution in [3.8, 4) is 0 Å². The monoisotopic (exact) mass is 423 g/mol. The number of rotatable bonds is 2. The number of hydrogen-bond donors (Lipinski definition) is 1. The SMILES string of the molecule is COC1(c2ccc(Cl)cc2)NC=N[n+]2ccc3ccccc3c21.[O-][Cl+3]([O-])([O-])[O-]. The maximum atomic E-state index is 8.49. The molecule has 2 heterocycles. The van der Waals surface area contributed by atoms with Crippen LogP contribution in [0.25, 0.3) is 10.8 Å². The quantitative estimate of drug-likeness (QED) is 0.487. The van der Waals surface area contributed by atoms with E-state index in [1.807, 2.05) is 53.3 Å². The molecule has 10 heteroatoms. The number of methoxy groups -OCH3 is 1. The van der Waals surface area contributed by atoms with E-state index < -0.39 is 16.0 Å². The van der Waals surface area contributed by atoms with Gasteiger partial charge in [0.25, 0.3) is 11.4 Å². The van der Waals surface area contributed by atoms with Crippen LogP contribution in [0.4, 0.5) is 0 Å². The Bertz CT molecular complexity index is 1000. The first-order valence-electron chi connectivity index (χ1n) is 7.92. The van der Waals surface area contributed by atoms with Crippen molar-refractivity contribution >= 4 is 28.7 Å². The van der Waals surface area contributed by atoms with Gasteiger partial charge in [0.2, 0.25) is 6.20 Å². The smallest absolute Gasteiger partial charge is 0.279 e. The minimum atomic E-state index is -4.94. The molecule has 1 N–H and O–H groups in total. The molecule has 0 saturated carbocycles. The third kappa shape index (κ3) is 4.23. The van der Waals surface area contributed by atoms with Gasteiger partial charge in [0.1, 0.15) is 0 Å². The zero-order valence-electron chi connectivity index (χ0n) is 14.5. The second kappa shape index (κ2) is 7.98. The Hall–Kier alpha value is -2.30. The van der Waals surface area contributed by atoms with E-state index in [-0.39, 0.29) is 0 Å². The van der Waals surface area contributed by atoms with Crippen LogP contribution < -0.4 is 28.6 Å². The van der Waals surface area contributed by atoms with Crippen LogP contribution in [0.1, 0.15) is 11.3 Å². The van der Waals surface area contributed by atoms with Gasteiger partial charge in [-0.25, -0.2) is 18.6 Å². The molecule has 0 saturated heterocycles. The van der Waals surface area contributed by atoms with Gasteiger partial charge in [-0.1, -0.05) is 41.9 Å². The number of benzene rings is 2. The lowest BCUT2D eigenvalue weighted by Crippen LogP contribution is -2.68. The maximum Gasteiger partial charge on any atom is 0.279 e. The summed E-state index contributed by atoms with van der Waals surface area (Å²) in [6.45, 7) is 0. The second-order valence-electron chi connectivity index (χ2n) is 5.76. The fourth-order valence-electron chi connectivity index (χ4n) is 3.08. The van der Waals surface area contributed by atoms with Crippen molar-refractivity contribution in [1.29, 1.82) is 0 Å². The van der Waals surface area contributed by atoms with E-state index in [1.165, 1.54) is 0 Å². The van der Waals surface area contributed by atoms with Crippen molar-refractivity contribution < 1.29 is 38.3 Å². The van der Waals surface area contributed by atoms with Crippen molar-refractivity contribution in [3.05, 3.63) is 77.1 Å². The molecule has 146 valence electrons. The van der Waals surface area contributed by atoms with E-state index in [2.05, 4.69) is 22.6 Å². The summed E-state index contributed by atoms with van der Waals surface area (Å²) in [5, 5.41) is 10.6. The van der Waals surface area contributed by atoms with E-state index in [9.17, 15) is 0 Å². The van der Waals surface area contributed by atoms with Crippen molar-refractivity contribution in [3.63, 3.8) is 0 Å². The minimum Gasteiger partial charge on any atom is -0.346 e. The second-order valence-corrected chi connectivity index (χ2v) is 6.95. The number of pyridine rings is 1. The Balaban J connectivity index is 0.000000403. The fourth-order valence-corrected chi connectivity index (χ4v) is 3.21. The van der Waals surface area contributed by atoms with Crippen LogP contribution in [-0.4, -0.2) is 13.4 Å². The molecular weight excluding hydrogens is 409 g/mol. The van der Waals surface area contributed by atoms with E-state index in [4.69, 9.17) is 35.0 Å². The van der Waals surface area contributed by atoms with Crippen molar-refractivity contribution in [2.75, 3.05) is 7.11 Å². The Labute approximate surface area is 167 Å². The third-order valence-corrected chi connectivity index (χ3v) is 4.43. The number of aromatic nitrogens is 1. The first-order chi connectivity index (χ1) is 13.2. The predicted octanol–water partition coefficient (Wildman–Crippen LogP) is -1.73. The summed E-state index contributed by atoms with van der Waals surface area (Å²) in [7, 11) is -3.26. The summed E-state index contributed by atoms with van der Waals surface area (Å²) in [4.78, 5) is 0. The van der Waals surface area contributed by atoms with E-state index >= 15 is 0 Å². The van der Waals surface area contributed by atoms with Crippen LogP contribution in [0.15, 0.2) is 65.9 Å². The highest BCUT2D eigenvalue weighted by Crippen LogP contribution is 2.34. The molecule has 0 aliphatic carbocycles. The topological polar surface area (TPSA) is 130 Å². The first-order valence-corrected chi connectivity index (χ1v) is 9.53. The Morgan fingerprint density at radius 2 is 1.68 bits per heavy atom. The van der Waals surface area contributed by atoms with E-state index in [0.717, 1.165) is 22.0 Å². The van der Waals surface area contributed by atoms with Gasteiger partial charge in [0.05, 0.1) is 5.39 Å². The largest absolute Gasteiger partial charge is 0.346 e. The number of fused-ring (bicyclic) bond motifs is 3. The zero-order chi connectivity index (χ0) is 20.4. The maximum absolute atomic E-state index is 8.49. The predicted molar refractivity (Wildman–Crippen MR) is 90.4 cm³/mol. The molecule has 0 spiro atoms. The molecule has 28 heavy (non-hydrogen) atoms. The molecule has 0 bridgehead atoms. The molecule has 2 aromatic carbocycles. The van der Waals surface area contributed by atoms with Crippen LogP contribution in [0.5, 0.6) is 0 Å². The summed E-state index contributed by atoms with van der Waals surface area (Å²) in [5.41, 5.74) is 1.07. The van der Waals surface area contributed by atoms with Gasteiger partial charge < -0.3 is 10.1 Å². The Kier molecular flexibility index (Phi) is 5.82. The van der Waals surface area contributed by atoms with Crippen LogP contribution in [0, 0.1) is 10.2 Å². The lowest BCUT2D eigenvalue weighted by molar-refractivity contribution is -2.00. The molecule has 1 aliphatic rings. The van der Waals surface area contributed by atoms with Gasteiger partial charge in [-0.3, -0.25) is 0 Å². The Morgan fingerprint density at radius 1 is 1.04 bits per heavy atom. The molecule has 0 radical (unpaired) electrons. The molecule has 0 amide bonds. The number of nitrogens with zero attached hydrogens (tertiary/aromatic N) is 2. The lowest BCUT2D eigenvalue weighted by Gasteiger charge is -2.31. The number of ether oxygens (including phenoxy) is 1. The van der Waals surface area contributed by atoms with Crippen LogP contribution in [0.2, 0.25) is 5.02 Å². The van der Waals surface area contributed by atoms with Gasteiger partial charge in [-0.2, -0.15) is 0 Å². The number of halogens is 2. The molecule has 0 fully saturated rings. The van der Waals surface area contributed by atoms with E-state index in [0.29, 0.717) is 5.02 Å². The zero-order valence-corrected chi connectivity index (χ0v) is 16.1. The summed E-state index contributed by atoms with van der Waals surface area (Å²) in [5.74, 6) is 0. The molecule has 3 aromatic rings. The molecular formula is C18H15Cl2N3O5. The fraction of sp³-hybridized carbons (Fsp3) is 0.111. The van der Waals surface area contributed by atoms with Gasteiger partial charge in [0, 0.05) is 28.9 Å². The first kappa shape index (κ1) is 20.4. The molecule has 1 aliphatic heterocycles. The van der Waals surface area contributed by atoms with Gasteiger partial charge >= 0.3 is 0 Å². The normalized spacial score (nSPS) is 18.1. The molecule has 4 rings (SSSR count). The van der Waals surface area contributed by atoms with Gasteiger partial charge in [-0.15, -0.1) is 10.2 Å². The van der Waals surface area contributed by atoms with Crippen LogP contribution in [0.3, 0.4) is 0 Å². The summed E-state index contributed by atoms with van der Waals surface area (Å²) >= 11 is 6.04. The molecule has 1 atom stereocenters. The Morgan fingerprint density at radius 3 is 2.32 bits per heavy atom. The minimum absolute atomic E-state index is 0.690.